The molecule has 2 aromatic heterocycles. The Hall–Kier alpha value is -4.69. The Morgan fingerprint density at radius 2 is 1.91 bits per heavy atom. The number of primary amides is 1. The van der Waals surface area contributed by atoms with Crippen LogP contribution in [-0.2, 0) is 31.2 Å². The lowest BCUT2D eigenvalue weighted by molar-refractivity contribution is -0.274. The average Bonchev–Trinajstić information content (AvgIpc) is 3.35. The zero-order valence-electron chi connectivity index (χ0n) is 24.8. The van der Waals surface area contributed by atoms with Crippen molar-refractivity contribution in [3.05, 3.63) is 77.1 Å². The van der Waals surface area contributed by atoms with Gasteiger partial charge in [-0.2, -0.15) is 5.10 Å². The van der Waals surface area contributed by atoms with Crippen molar-refractivity contribution in [1.29, 1.82) is 0 Å². The monoisotopic (exact) mass is 622 g/mol. The van der Waals surface area contributed by atoms with Crippen LogP contribution in [0.4, 0.5) is 30.5 Å². The van der Waals surface area contributed by atoms with E-state index in [-0.39, 0.29) is 23.4 Å². The number of carbonyl (C=O) groups is 1. The van der Waals surface area contributed by atoms with E-state index >= 15 is 0 Å². The molecule has 3 N–H and O–H groups in total. The van der Waals surface area contributed by atoms with Crippen LogP contribution < -0.4 is 20.7 Å². The predicted molar refractivity (Wildman–Crippen MR) is 161 cm³/mol. The van der Waals surface area contributed by atoms with Gasteiger partial charge in [-0.25, -0.2) is 9.97 Å². The molecule has 45 heavy (non-hydrogen) atoms. The van der Waals surface area contributed by atoms with E-state index in [0.717, 1.165) is 17.7 Å². The lowest BCUT2D eigenvalue weighted by Gasteiger charge is -2.41. The zero-order valence-corrected chi connectivity index (χ0v) is 24.8. The highest BCUT2D eigenvalue weighted by atomic mass is 19.4. The number of hydrogen-bond acceptors (Lipinski definition) is 9. The van der Waals surface area contributed by atoms with Gasteiger partial charge in [0.15, 0.2) is 11.4 Å². The summed E-state index contributed by atoms with van der Waals surface area (Å²) in [6.45, 7) is 3.02. The lowest BCUT2D eigenvalue weighted by Crippen LogP contribution is -2.54. The van der Waals surface area contributed by atoms with Crippen molar-refractivity contribution in [1.82, 2.24) is 24.6 Å². The highest BCUT2D eigenvalue weighted by Gasteiger charge is 2.34. The van der Waals surface area contributed by atoms with Crippen LogP contribution in [0.25, 0.3) is 11.4 Å². The van der Waals surface area contributed by atoms with Crippen LogP contribution in [0.5, 0.6) is 5.75 Å². The van der Waals surface area contributed by atoms with Crippen molar-refractivity contribution in [2.75, 3.05) is 43.5 Å². The van der Waals surface area contributed by atoms with Gasteiger partial charge in [0.2, 0.25) is 5.95 Å². The molecule has 14 heteroatoms. The second kappa shape index (κ2) is 12.4. The number of anilines is 3. The van der Waals surface area contributed by atoms with Gasteiger partial charge in [-0.05, 0) is 49.2 Å². The van der Waals surface area contributed by atoms with Crippen molar-refractivity contribution in [3.63, 3.8) is 0 Å². The molecule has 236 valence electrons. The van der Waals surface area contributed by atoms with E-state index in [9.17, 15) is 18.0 Å². The standard InChI is InChI=1S/C31H33F3N8O3/c1-40-12-13-42(22(16-40)18-44-17-19-6-4-3-5-7-19)21-9-11-25(45-31(32,33)34)24(14-21)37-30-36-15-20-8-10-23-27(29(35)43)39-41(2)28(23)26(20)38-30/h3-7,9,11,14-15,22H,8,10,12-13,16-18H2,1-2H3,(H2,35,43)(H,36,37,38)/t22-/m0/s1. The molecule has 0 bridgehead atoms. The number of rotatable bonds is 9. The number of ether oxygens (including phenoxy) is 2. The van der Waals surface area contributed by atoms with Crippen LogP contribution >= 0.6 is 0 Å². The first kappa shape index (κ1) is 30.3. The fraction of sp³-hybridized carbons (Fsp3) is 0.355. The molecule has 1 aliphatic heterocycles. The number of aromatic nitrogens is 4. The fourth-order valence-electron chi connectivity index (χ4n) is 5.92. The number of hydrogen-bond donors (Lipinski definition) is 2. The van der Waals surface area contributed by atoms with Gasteiger partial charge in [0.1, 0.15) is 0 Å². The summed E-state index contributed by atoms with van der Waals surface area (Å²) in [7, 11) is 3.71. The molecule has 0 unspecified atom stereocenters. The molecule has 0 saturated carbocycles. The highest BCUT2D eigenvalue weighted by molar-refractivity contribution is 5.94. The second-order valence-corrected chi connectivity index (χ2v) is 11.2. The largest absolute Gasteiger partial charge is 0.573 e. The number of carbonyl (C=O) groups excluding carboxylic acids is 1. The van der Waals surface area contributed by atoms with E-state index in [1.165, 1.54) is 10.7 Å². The summed E-state index contributed by atoms with van der Waals surface area (Å²) < 4.78 is 52.3. The number of halogens is 3. The molecular weight excluding hydrogens is 589 g/mol. The van der Waals surface area contributed by atoms with E-state index in [2.05, 4.69) is 34.9 Å². The molecule has 4 aromatic rings. The SMILES string of the molecule is CN1CCN(c2ccc(OC(F)(F)F)c(Nc3ncc4c(n3)-c3c(c(C(N)=O)nn3C)CC4)c2)[C@H](COCc2ccccc2)C1. The molecule has 11 nitrogen and oxygen atoms in total. The number of piperazine rings is 1. The van der Waals surface area contributed by atoms with E-state index in [4.69, 9.17) is 10.5 Å². The molecule has 6 rings (SSSR count). The third-order valence-corrected chi connectivity index (χ3v) is 7.99. The van der Waals surface area contributed by atoms with Crippen molar-refractivity contribution >= 4 is 23.2 Å². The van der Waals surface area contributed by atoms with Crippen LogP contribution in [0.3, 0.4) is 0 Å². The number of benzene rings is 2. The number of amides is 1. The Bertz CT molecular complexity index is 1700. The fourth-order valence-corrected chi connectivity index (χ4v) is 5.92. The summed E-state index contributed by atoms with van der Waals surface area (Å²) in [4.78, 5) is 25.3. The zero-order chi connectivity index (χ0) is 31.7. The Labute approximate surface area is 257 Å². The minimum absolute atomic E-state index is 0.0441. The molecule has 3 heterocycles. The molecule has 0 spiro atoms. The van der Waals surface area contributed by atoms with Crippen LogP contribution in [0.2, 0.25) is 0 Å². The average molecular weight is 623 g/mol. The minimum atomic E-state index is -4.91. The first-order valence-corrected chi connectivity index (χ1v) is 14.5. The topological polar surface area (TPSA) is 124 Å². The number of nitrogens with zero attached hydrogens (tertiary/aromatic N) is 6. The van der Waals surface area contributed by atoms with Crippen LogP contribution in [-0.4, -0.2) is 76.2 Å². The summed E-state index contributed by atoms with van der Waals surface area (Å²) in [5.41, 5.74) is 10.2. The molecule has 1 amide bonds. The van der Waals surface area contributed by atoms with Crippen LogP contribution in [0, 0.1) is 0 Å². The summed E-state index contributed by atoms with van der Waals surface area (Å²) >= 11 is 0. The second-order valence-electron chi connectivity index (χ2n) is 11.2. The Kier molecular flexibility index (Phi) is 8.34. The van der Waals surface area contributed by atoms with E-state index in [1.807, 2.05) is 37.4 Å². The number of likely N-dealkylation sites (N-methyl/N-ethyl adjacent to an activating group) is 1. The predicted octanol–water partition coefficient (Wildman–Crippen LogP) is 4.05. The third-order valence-electron chi connectivity index (χ3n) is 7.99. The van der Waals surface area contributed by atoms with E-state index in [1.54, 1.807) is 25.4 Å². The van der Waals surface area contributed by atoms with Crippen LogP contribution in [0.1, 0.15) is 27.2 Å². The number of nitrogens with one attached hydrogen (secondary N) is 1. The summed E-state index contributed by atoms with van der Waals surface area (Å²) in [5.74, 6) is -0.995. The summed E-state index contributed by atoms with van der Waals surface area (Å²) in [6, 6.07) is 14.3. The smallest absolute Gasteiger partial charge is 0.404 e. The van der Waals surface area contributed by atoms with Gasteiger partial charge in [-0.15, -0.1) is 13.2 Å². The molecular formula is C31H33F3N8O3. The Morgan fingerprint density at radius 1 is 1.11 bits per heavy atom. The molecule has 2 aliphatic rings. The molecule has 0 radical (unpaired) electrons. The molecule has 2 aromatic carbocycles. The van der Waals surface area contributed by atoms with Gasteiger partial charge >= 0.3 is 6.36 Å². The van der Waals surface area contributed by atoms with Crippen molar-refractivity contribution in [2.45, 2.75) is 31.9 Å². The number of alkyl halides is 3. The molecule has 1 aliphatic carbocycles. The maximum atomic E-state index is 13.4. The van der Waals surface area contributed by atoms with Gasteiger partial charge in [0.05, 0.1) is 36.3 Å². The number of nitrogens with two attached hydrogens (primary N) is 1. The van der Waals surface area contributed by atoms with Crippen LogP contribution in [0.15, 0.2) is 54.7 Å². The van der Waals surface area contributed by atoms with E-state index < -0.39 is 18.0 Å². The Balaban J connectivity index is 1.30. The quantitative estimate of drug-likeness (QED) is 0.285. The van der Waals surface area contributed by atoms with Gasteiger partial charge in [0, 0.05) is 44.1 Å². The minimum Gasteiger partial charge on any atom is -0.404 e. The van der Waals surface area contributed by atoms with Crippen molar-refractivity contribution < 1.29 is 27.4 Å². The first-order valence-electron chi connectivity index (χ1n) is 14.5. The van der Waals surface area contributed by atoms with Gasteiger partial charge in [-0.1, -0.05) is 30.3 Å². The van der Waals surface area contributed by atoms with Crippen molar-refractivity contribution in [3.8, 4) is 17.1 Å². The third kappa shape index (κ3) is 6.71. The molecule has 1 fully saturated rings. The van der Waals surface area contributed by atoms with E-state index in [0.29, 0.717) is 61.8 Å². The number of fused-ring (bicyclic) bond motifs is 3. The summed E-state index contributed by atoms with van der Waals surface area (Å²) in [5, 5.41) is 7.23. The van der Waals surface area contributed by atoms with Crippen molar-refractivity contribution in [2.24, 2.45) is 12.8 Å². The highest BCUT2D eigenvalue weighted by Crippen LogP contribution is 2.38. The molecule has 1 atom stereocenters. The maximum absolute atomic E-state index is 13.4. The van der Waals surface area contributed by atoms with Gasteiger partial charge in [0.25, 0.3) is 5.91 Å². The first-order chi connectivity index (χ1) is 21.6. The van der Waals surface area contributed by atoms with Gasteiger partial charge < -0.3 is 30.3 Å². The Morgan fingerprint density at radius 3 is 2.67 bits per heavy atom. The normalized spacial score (nSPS) is 16.6. The lowest BCUT2D eigenvalue weighted by atomic mass is 9.93. The maximum Gasteiger partial charge on any atom is 0.573 e. The molecule has 1 saturated heterocycles. The summed E-state index contributed by atoms with van der Waals surface area (Å²) in [6.07, 6.45) is -2.19. The number of aryl methyl sites for hydroxylation is 2. The van der Waals surface area contributed by atoms with Gasteiger partial charge in [-0.3, -0.25) is 9.48 Å².